The Morgan fingerprint density at radius 3 is 2.59 bits per heavy atom. The monoisotopic (exact) mass is 286 g/mol. The summed E-state index contributed by atoms with van der Waals surface area (Å²) in [5, 5.41) is 0. The van der Waals surface area contributed by atoms with Crippen molar-refractivity contribution in [3.05, 3.63) is 59.7 Å². The molecule has 86 valence electrons. The fourth-order valence-corrected chi connectivity index (χ4v) is 3.34. The third-order valence-electron chi connectivity index (χ3n) is 3.49. The fraction of sp³-hybridized carbons (Fsp3) is 0.250. The molecule has 0 fully saturated rings. The van der Waals surface area contributed by atoms with Crippen molar-refractivity contribution in [2.75, 3.05) is 0 Å². The van der Waals surface area contributed by atoms with E-state index in [0.29, 0.717) is 4.83 Å². The lowest BCUT2D eigenvalue weighted by Crippen LogP contribution is -2.04. The van der Waals surface area contributed by atoms with Gasteiger partial charge < -0.3 is 0 Å². The van der Waals surface area contributed by atoms with Crippen molar-refractivity contribution in [2.24, 2.45) is 0 Å². The van der Waals surface area contributed by atoms with E-state index in [1.54, 1.807) is 0 Å². The molecule has 0 amide bonds. The molecule has 1 atom stereocenters. The van der Waals surface area contributed by atoms with Gasteiger partial charge in [0, 0.05) is 4.83 Å². The Kier molecular flexibility index (Phi) is 3.02. The van der Waals surface area contributed by atoms with Crippen LogP contribution in [0.1, 0.15) is 28.8 Å². The van der Waals surface area contributed by atoms with Gasteiger partial charge in [-0.15, -0.1) is 0 Å². The molecule has 0 aromatic heterocycles. The second kappa shape index (κ2) is 4.66. The molecule has 1 aliphatic rings. The van der Waals surface area contributed by atoms with E-state index in [-0.39, 0.29) is 0 Å². The summed E-state index contributed by atoms with van der Waals surface area (Å²) in [4.78, 5) is 0.552. The molecule has 3 rings (SSSR count). The Balaban J connectivity index is 2.04. The van der Waals surface area contributed by atoms with E-state index in [1.807, 2.05) is 0 Å². The van der Waals surface area contributed by atoms with E-state index in [2.05, 4.69) is 64.5 Å². The highest BCUT2D eigenvalue weighted by Crippen LogP contribution is 2.37. The standard InChI is InChI=1S/C16H15Br/c17-16-8-4-7-14-11-13(9-10-15(14)16)12-5-2-1-3-6-12/h1-3,5-6,9-11,16H,4,7-8H2. The third-order valence-corrected chi connectivity index (χ3v) is 4.44. The second-order valence-electron chi connectivity index (χ2n) is 4.64. The summed E-state index contributed by atoms with van der Waals surface area (Å²) in [6, 6.07) is 17.5. The van der Waals surface area contributed by atoms with Crippen LogP contribution in [-0.2, 0) is 6.42 Å². The van der Waals surface area contributed by atoms with Crippen molar-refractivity contribution in [1.82, 2.24) is 0 Å². The van der Waals surface area contributed by atoms with Crippen LogP contribution >= 0.6 is 15.9 Å². The summed E-state index contributed by atoms with van der Waals surface area (Å²) < 4.78 is 0. The molecule has 17 heavy (non-hydrogen) atoms. The lowest BCUT2D eigenvalue weighted by Gasteiger charge is -2.21. The minimum absolute atomic E-state index is 0.552. The molecular weight excluding hydrogens is 272 g/mol. The predicted octanol–water partition coefficient (Wildman–Crippen LogP) is 5.13. The molecular formula is C16H15Br. The van der Waals surface area contributed by atoms with Gasteiger partial charge in [0.15, 0.2) is 0 Å². The van der Waals surface area contributed by atoms with E-state index in [1.165, 1.54) is 41.5 Å². The summed E-state index contributed by atoms with van der Waals surface area (Å²) in [5.74, 6) is 0. The topological polar surface area (TPSA) is 0 Å². The number of rotatable bonds is 1. The van der Waals surface area contributed by atoms with Crippen LogP contribution in [0.3, 0.4) is 0 Å². The largest absolute Gasteiger partial charge is 0.0839 e. The highest BCUT2D eigenvalue weighted by atomic mass is 79.9. The van der Waals surface area contributed by atoms with Crippen LogP contribution in [0.25, 0.3) is 11.1 Å². The van der Waals surface area contributed by atoms with Crippen molar-refractivity contribution >= 4 is 15.9 Å². The van der Waals surface area contributed by atoms with Crippen molar-refractivity contribution in [3.8, 4) is 11.1 Å². The molecule has 0 heterocycles. The van der Waals surface area contributed by atoms with Crippen LogP contribution in [0.5, 0.6) is 0 Å². The second-order valence-corrected chi connectivity index (χ2v) is 5.74. The molecule has 1 heteroatoms. The van der Waals surface area contributed by atoms with Gasteiger partial charge in [0.2, 0.25) is 0 Å². The van der Waals surface area contributed by atoms with Crippen LogP contribution in [0.15, 0.2) is 48.5 Å². The number of benzene rings is 2. The SMILES string of the molecule is BrC1CCCc2cc(-c3ccccc3)ccc21. The quantitative estimate of drug-likeness (QED) is 0.638. The highest BCUT2D eigenvalue weighted by Gasteiger charge is 2.17. The Labute approximate surface area is 111 Å². The van der Waals surface area contributed by atoms with Crippen LogP contribution < -0.4 is 0 Å². The first kappa shape index (κ1) is 11.0. The fourth-order valence-electron chi connectivity index (χ4n) is 2.57. The molecule has 2 aromatic rings. The summed E-state index contributed by atoms with van der Waals surface area (Å²) in [7, 11) is 0. The molecule has 0 saturated heterocycles. The maximum absolute atomic E-state index is 3.77. The van der Waals surface area contributed by atoms with Crippen LogP contribution in [0.2, 0.25) is 0 Å². The number of fused-ring (bicyclic) bond motifs is 1. The number of alkyl halides is 1. The molecule has 2 aromatic carbocycles. The molecule has 0 radical (unpaired) electrons. The Bertz CT molecular complexity index is 516. The van der Waals surface area contributed by atoms with E-state index < -0.39 is 0 Å². The van der Waals surface area contributed by atoms with Crippen molar-refractivity contribution in [3.63, 3.8) is 0 Å². The number of halogens is 1. The van der Waals surface area contributed by atoms with E-state index in [0.717, 1.165) is 0 Å². The summed E-state index contributed by atoms with van der Waals surface area (Å²) in [6.45, 7) is 0. The van der Waals surface area contributed by atoms with Crippen molar-refractivity contribution < 1.29 is 0 Å². The maximum atomic E-state index is 3.77. The molecule has 1 unspecified atom stereocenters. The molecule has 0 spiro atoms. The Morgan fingerprint density at radius 2 is 1.76 bits per heavy atom. The lowest BCUT2D eigenvalue weighted by atomic mass is 9.89. The summed E-state index contributed by atoms with van der Waals surface area (Å²) in [5.41, 5.74) is 5.65. The molecule has 0 aliphatic heterocycles. The molecule has 0 bridgehead atoms. The average Bonchev–Trinajstić information content (AvgIpc) is 2.40. The summed E-state index contributed by atoms with van der Waals surface area (Å²) >= 11 is 3.77. The smallest absolute Gasteiger partial charge is 0.0398 e. The molecule has 0 saturated carbocycles. The predicted molar refractivity (Wildman–Crippen MR) is 76.5 cm³/mol. The first-order valence-corrected chi connectivity index (χ1v) is 7.08. The summed E-state index contributed by atoms with van der Waals surface area (Å²) in [6.07, 6.45) is 3.77. The van der Waals surface area contributed by atoms with Crippen molar-refractivity contribution in [2.45, 2.75) is 24.1 Å². The van der Waals surface area contributed by atoms with E-state index in [9.17, 15) is 0 Å². The molecule has 0 N–H and O–H groups in total. The molecule has 0 nitrogen and oxygen atoms in total. The van der Waals surface area contributed by atoms with Gasteiger partial charge in [-0.2, -0.15) is 0 Å². The van der Waals surface area contributed by atoms with Gasteiger partial charge in [0.25, 0.3) is 0 Å². The maximum Gasteiger partial charge on any atom is 0.0398 e. The van der Waals surface area contributed by atoms with Gasteiger partial charge in [-0.05, 0) is 41.5 Å². The number of hydrogen-bond donors (Lipinski definition) is 0. The zero-order chi connectivity index (χ0) is 11.7. The van der Waals surface area contributed by atoms with Gasteiger partial charge >= 0.3 is 0 Å². The van der Waals surface area contributed by atoms with Crippen LogP contribution in [0.4, 0.5) is 0 Å². The minimum atomic E-state index is 0.552. The number of hydrogen-bond acceptors (Lipinski definition) is 0. The van der Waals surface area contributed by atoms with Crippen LogP contribution in [0, 0.1) is 0 Å². The van der Waals surface area contributed by atoms with Gasteiger partial charge in [0.1, 0.15) is 0 Å². The Morgan fingerprint density at radius 1 is 0.941 bits per heavy atom. The van der Waals surface area contributed by atoms with Gasteiger partial charge in [0.05, 0.1) is 0 Å². The van der Waals surface area contributed by atoms with E-state index in [4.69, 9.17) is 0 Å². The minimum Gasteiger partial charge on any atom is -0.0839 e. The average molecular weight is 287 g/mol. The normalized spacial score (nSPS) is 18.8. The Hall–Kier alpha value is -1.08. The number of aryl methyl sites for hydroxylation is 1. The van der Waals surface area contributed by atoms with Gasteiger partial charge in [-0.1, -0.05) is 64.5 Å². The van der Waals surface area contributed by atoms with E-state index >= 15 is 0 Å². The first-order chi connectivity index (χ1) is 8.34. The zero-order valence-corrected chi connectivity index (χ0v) is 11.3. The molecule has 1 aliphatic carbocycles. The third kappa shape index (κ3) is 2.16. The zero-order valence-electron chi connectivity index (χ0n) is 9.70. The van der Waals surface area contributed by atoms with Gasteiger partial charge in [-0.3, -0.25) is 0 Å². The van der Waals surface area contributed by atoms with Gasteiger partial charge in [-0.25, -0.2) is 0 Å². The first-order valence-electron chi connectivity index (χ1n) is 6.17. The van der Waals surface area contributed by atoms with Crippen molar-refractivity contribution in [1.29, 1.82) is 0 Å². The highest BCUT2D eigenvalue weighted by molar-refractivity contribution is 9.09. The van der Waals surface area contributed by atoms with Crippen LogP contribution in [-0.4, -0.2) is 0 Å². The lowest BCUT2D eigenvalue weighted by molar-refractivity contribution is 0.681.